The van der Waals surface area contributed by atoms with E-state index in [1.807, 2.05) is 12.1 Å². The van der Waals surface area contributed by atoms with Crippen molar-refractivity contribution < 1.29 is 4.74 Å². The number of piperazine rings is 1. The Morgan fingerprint density at radius 3 is 2.73 bits per heavy atom. The summed E-state index contributed by atoms with van der Waals surface area (Å²) >= 11 is 0. The lowest BCUT2D eigenvalue weighted by Crippen LogP contribution is -2.42. The molecular formula is C12H18N2O. The van der Waals surface area contributed by atoms with Gasteiger partial charge in [0.2, 0.25) is 0 Å². The third kappa shape index (κ3) is 2.70. The summed E-state index contributed by atoms with van der Waals surface area (Å²) in [4.78, 5) is 2.45. The molecule has 2 rings (SSSR count). The Labute approximate surface area is 91.0 Å². The summed E-state index contributed by atoms with van der Waals surface area (Å²) < 4.78 is 5.34. The van der Waals surface area contributed by atoms with Crippen molar-refractivity contribution in [2.45, 2.75) is 6.54 Å². The van der Waals surface area contributed by atoms with Crippen LogP contribution in [0.1, 0.15) is 5.56 Å². The average Bonchev–Trinajstić information content (AvgIpc) is 2.31. The van der Waals surface area contributed by atoms with Crippen LogP contribution in [0.3, 0.4) is 0 Å². The molecule has 0 atom stereocenters. The van der Waals surface area contributed by atoms with E-state index in [4.69, 9.17) is 4.74 Å². The van der Waals surface area contributed by atoms with E-state index in [0.29, 0.717) is 0 Å². The summed E-state index contributed by atoms with van der Waals surface area (Å²) in [6, 6.07) is 8.25. The quantitative estimate of drug-likeness (QED) is 0.801. The number of rotatable bonds is 3. The van der Waals surface area contributed by atoms with Crippen molar-refractivity contribution in [3.63, 3.8) is 0 Å². The molecule has 0 radical (unpaired) electrons. The predicted molar refractivity (Wildman–Crippen MR) is 61.1 cm³/mol. The maximum Gasteiger partial charge on any atom is 0.123 e. The second kappa shape index (κ2) is 5.14. The highest BCUT2D eigenvalue weighted by molar-refractivity contribution is 5.33. The highest BCUT2D eigenvalue weighted by Crippen LogP contribution is 2.19. The number of hydrogen-bond donors (Lipinski definition) is 1. The van der Waals surface area contributed by atoms with Crippen LogP contribution in [-0.4, -0.2) is 38.2 Å². The molecule has 0 spiro atoms. The Balaban J connectivity index is 2.02. The fourth-order valence-corrected chi connectivity index (χ4v) is 1.94. The largest absolute Gasteiger partial charge is 0.496 e. The van der Waals surface area contributed by atoms with E-state index >= 15 is 0 Å². The summed E-state index contributed by atoms with van der Waals surface area (Å²) in [6.45, 7) is 5.42. The van der Waals surface area contributed by atoms with Gasteiger partial charge in [-0.25, -0.2) is 0 Å². The van der Waals surface area contributed by atoms with Crippen LogP contribution in [-0.2, 0) is 6.54 Å². The lowest BCUT2D eigenvalue weighted by Gasteiger charge is -2.27. The van der Waals surface area contributed by atoms with Crippen molar-refractivity contribution in [1.82, 2.24) is 10.2 Å². The molecule has 3 nitrogen and oxygen atoms in total. The molecule has 15 heavy (non-hydrogen) atoms. The van der Waals surface area contributed by atoms with Crippen LogP contribution in [0, 0.1) is 0 Å². The van der Waals surface area contributed by atoms with Crippen LogP contribution >= 0.6 is 0 Å². The van der Waals surface area contributed by atoms with Crippen LogP contribution in [0.25, 0.3) is 0 Å². The molecule has 0 amide bonds. The molecule has 0 aliphatic carbocycles. The summed E-state index contributed by atoms with van der Waals surface area (Å²) in [6.07, 6.45) is 0. The fourth-order valence-electron chi connectivity index (χ4n) is 1.94. The Bertz CT molecular complexity index is 308. The van der Waals surface area contributed by atoms with Gasteiger partial charge >= 0.3 is 0 Å². The molecule has 0 saturated carbocycles. The minimum atomic E-state index is 0.992. The zero-order valence-corrected chi connectivity index (χ0v) is 9.20. The zero-order chi connectivity index (χ0) is 10.5. The summed E-state index contributed by atoms with van der Waals surface area (Å²) in [5, 5.41) is 3.36. The standard InChI is InChI=1S/C12H18N2O/c1-15-12-5-3-2-4-11(12)10-14-8-6-13-7-9-14/h2-5,13H,6-10H2,1H3. The van der Waals surface area contributed by atoms with E-state index in [0.717, 1.165) is 38.5 Å². The van der Waals surface area contributed by atoms with Gasteiger partial charge in [-0.05, 0) is 6.07 Å². The molecule has 3 heteroatoms. The number of benzene rings is 1. The van der Waals surface area contributed by atoms with E-state index in [1.54, 1.807) is 7.11 Å². The van der Waals surface area contributed by atoms with E-state index in [9.17, 15) is 0 Å². The Hall–Kier alpha value is -1.06. The van der Waals surface area contributed by atoms with Gasteiger partial charge < -0.3 is 10.1 Å². The number of hydrogen-bond acceptors (Lipinski definition) is 3. The van der Waals surface area contributed by atoms with Gasteiger partial charge in [0.05, 0.1) is 7.11 Å². The first-order valence-electron chi connectivity index (χ1n) is 5.45. The van der Waals surface area contributed by atoms with Crippen molar-refractivity contribution in [2.75, 3.05) is 33.3 Å². The smallest absolute Gasteiger partial charge is 0.123 e. The molecule has 82 valence electrons. The van der Waals surface area contributed by atoms with Gasteiger partial charge in [0.15, 0.2) is 0 Å². The van der Waals surface area contributed by atoms with Crippen LogP contribution in [0.5, 0.6) is 5.75 Å². The number of methoxy groups -OCH3 is 1. The van der Waals surface area contributed by atoms with E-state index in [2.05, 4.69) is 22.3 Å². The van der Waals surface area contributed by atoms with Crippen molar-refractivity contribution in [1.29, 1.82) is 0 Å². The van der Waals surface area contributed by atoms with E-state index in [1.165, 1.54) is 5.56 Å². The molecule has 0 aromatic heterocycles. The number of para-hydroxylation sites is 1. The number of nitrogens with zero attached hydrogens (tertiary/aromatic N) is 1. The molecule has 1 saturated heterocycles. The maximum absolute atomic E-state index is 5.34. The van der Waals surface area contributed by atoms with Crippen molar-refractivity contribution in [3.8, 4) is 5.75 Å². The molecule has 0 bridgehead atoms. The second-order valence-electron chi connectivity index (χ2n) is 3.84. The Kier molecular flexibility index (Phi) is 3.59. The topological polar surface area (TPSA) is 24.5 Å². The molecule has 1 aliphatic heterocycles. The van der Waals surface area contributed by atoms with Gasteiger partial charge in [0.1, 0.15) is 5.75 Å². The van der Waals surface area contributed by atoms with Crippen molar-refractivity contribution >= 4 is 0 Å². The normalized spacial score (nSPS) is 17.7. The minimum absolute atomic E-state index is 0.992. The lowest BCUT2D eigenvalue weighted by atomic mass is 10.2. The number of nitrogens with one attached hydrogen (secondary N) is 1. The average molecular weight is 206 g/mol. The van der Waals surface area contributed by atoms with Crippen molar-refractivity contribution in [2.24, 2.45) is 0 Å². The summed E-state index contributed by atoms with van der Waals surface area (Å²) in [7, 11) is 1.73. The molecular weight excluding hydrogens is 188 g/mol. The molecule has 1 heterocycles. The first-order chi connectivity index (χ1) is 7.40. The fraction of sp³-hybridized carbons (Fsp3) is 0.500. The van der Waals surface area contributed by atoms with Gasteiger partial charge in [-0.3, -0.25) is 4.90 Å². The molecule has 0 unspecified atom stereocenters. The molecule has 1 aliphatic rings. The molecule has 1 fully saturated rings. The third-order valence-corrected chi connectivity index (χ3v) is 2.80. The summed E-state index contributed by atoms with van der Waals surface area (Å²) in [5.41, 5.74) is 1.28. The minimum Gasteiger partial charge on any atom is -0.496 e. The maximum atomic E-state index is 5.34. The highest BCUT2D eigenvalue weighted by Gasteiger charge is 2.11. The van der Waals surface area contributed by atoms with Crippen LogP contribution in [0.2, 0.25) is 0 Å². The summed E-state index contributed by atoms with van der Waals surface area (Å²) in [5.74, 6) is 0.996. The number of ether oxygens (including phenoxy) is 1. The first-order valence-corrected chi connectivity index (χ1v) is 5.45. The zero-order valence-electron chi connectivity index (χ0n) is 9.20. The Morgan fingerprint density at radius 1 is 1.27 bits per heavy atom. The third-order valence-electron chi connectivity index (χ3n) is 2.80. The van der Waals surface area contributed by atoms with Gasteiger partial charge in [0, 0.05) is 38.3 Å². The molecule has 1 aromatic rings. The monoisotopic (exact) mass is 206 g/mol. The molecule has 1 N–H and O–H groups in total. The van der Waals surface area contributed by atoms with E-state index in [-0.39, 0.29) is 0 Å². The van der Waals surface area contributed by atoms with Gasteiger partial charge in [-0.1, -0.05) is 18.2 Å². The van der Waals surface area contributed by atoms with Gasteiger partial charge in [-0.2, -0.15) is 0 Å². The highest BCUT2D eigenvalue weighted by atomic mass is 16.5. The lowest BCUT2D eigenvalue weighted by molar-refractivity contribution is 0.230. The van der Waals surface area contributed by atoms with Crippen LogP contribution in [0.4, 0.5) is 0 Å². The SMILES string of the molecule is COc1ccccc1CN1CCNCC1. The Morgan fingerprint density at radius 2 is 2.00 bits per heavy atom. The second-order valence-corrected chi connectivity index (χ2v) is 3.84. The van der Waals surface area contributed by atoms with Gasteiger partial charge in [0.25, 0.3) is 0 Å². The first kappa shape index (κ1) is 10.5. The van der Waals surface area contributed by atoms with Gasteiger partial charge in [-0.15, -0.1) is 0 Å². The van der Waals surface area contributed by atoms with Crippen LogP contribution in [0.15, 0.2) is 24.3 Å². The predicted octanol–water partition coefficient (Wildman–Crippen LogP) is 1.10. The van der Waals surface area contributed by atoms with Crippen molar-refractivity contribution in [3.05, 3.63) is 29.8 Å². The molecule has 1 aromatic carbocycles. The van der Waals surface area contributed by atoms with E-state index < -0.39 is 0 Å². The van der Waals surface area contributed by atoms with Crippen LogP contribution < -0.4 is 10.1 Å².